The van der Waals surface area contributed by atoms with Crippen molar-refractivity contribution in [1.82, 2.24) is 14.6 Å². The first-order valence-corrected chi connectivity index (χ1v) is 5.10. The Labute approximate surface area is 96.3 Å². The van der Waals surface area contributed by atoms with Crippen LogP contribution >= 0.6 is 0 Å². The van der Waals surface area contributed by atoms with E-state index < -0.39 is 5.97 Å². The summed E-state index contributed by atoms with van der Waals surface area (Å²) < 4.78 is 1.81. The average molecular weight is 227 g/mol. The molecule has 0 aliphatic heterocycles. The quantitative estimate of drug-likeness (QED) is 0.703. The summed E-state index contributed by atoms with van der Waals surface area (Å²) in [5.41, 5.74) is 2.82. The van der Waals surface area contributed by atoms with Crippen LogP contribution in [0.3, 0.4) is 0 Å². The van der Waals surface area contributed by atoms with Gasteiger partial charge in [0.2, 0.25) is 0 Å². The molecule has 84 valence electrons. The summed E-state index contributed by atoms with van der Waals surface area (Å²) in [6.45, 7) is 0. The predicted molar refractivity (Wildman–Crippen MR) is 61.9 cm³/mol. The first-order chi connectivity index (χ1) is 8.24. The van der Waals surface area contributed by atoms with E-state index in [9.17, 15) is 4.79 Å². The Hall–Kier alpha value is -2.56. The molecule has 1 aromatic carbocycles. The molecule has 0 bridgehead atoms. The van der Waals surface area contributed by atoms with Gasteiger partial charge in [-0.25, -0.2) is 14.3 Å². The molecule has 3 rings (SSSR count). The van der Waals surface area contributed by atoms with Crippen LogP contribution in [0, 0.1) is 0 Å². The molecule has 2 N–H and O–H groups in total. The average Bonchev–Trinajstić information content (AvgIpc) is 2.89. The van der Waals surface area contributed by atoms with Crippen molar-refractivity contribution in [2.24, 2.45) is 0 Å². The summed E-state index contributed by atoms with van der Waals surface area (Å²) in [5.74, 6) is -0.923. The molecule has 0 spiro atoms. The number of fused-ring (bicyclic) bond motifs is 1. The molecule has 2 heterocycles. The summed E-state index contributed by atoms with van der Waals surface area (Å²) in [5, 5.41) is 11.8. The summed E-state index contributed by atoms with van der Waals surface area (Å²) in [7, 11) is 0. The van der Waals surface area contributed by atoms with Crippen LogP contribution in [0.4, 0.5) is 0 Å². The summed E-state index contributed by atoms with van der Waals surface area (Å²) in [6.07, 6.45) is 3.67. The smallest absolute Gasteiger partial charge is 0.335 e. The number of carboxylic acid groups (broad SMARTS) is 1. The highest BCUT2D eigenvalue weighted by Crippen LogP contribution is 2.19. The first-order valence-electron chi connectivity index (χ1n) is 5.10. The number of rotatable bonds is 2. The monoisotopic (exact) mass is 227 g/mol. The minimum absolute atomic E-state index is 0.276. The predicted octanol–water partition coefficient (Wildman–Crippen LogP) is 2.03. The van der Waals surface area contributed by atoms with Crippen molar-refractivity contribution in [3.05, 3.63) is 48.3 Å². The highest BCUT2D eigenvalue weighted by molar-refractivity contribution is 5.88. The van der Waals surface area contributed by atoms with Gasteiger partial charge in [-0.05, 0) is 12.1 Å². The number of aromatic nitrogens is 3. The Morgan fingerprint density at radius 1 is 1.24 bits per heavy atom. The molecule has 0 aliphatic rings. The number of H-pyrrole nitrogens is 1. The lowest BCUT2D eigenvalue weighted by molar-refractivity contribution is 0.0697. The van der Waals surface area contributed by atoms with E-state index in [2.05, 4.69) is 10.1 Å². The number of carbonyl (C=O) groups is 1. The van der Waals surface area contributed by atoms with Crippen LogP contribution in [0.5, 0.6) is 0 Å². The third-order valence-electron chi connectivity index (χ3n) is 2.61. The third-order valence-corrected chi connectivity index (χ3v) is 2.61. The van der Waals surface area contributed by atoms with Gasteiger partial charge in [0.25, 0.3) is 0 Å². The van der Waals surface area contributed by atoms with Crippen LogP contribution in [0.25, 0.3) is 16.9 Å². The molecule has 0 saturated carbocycles. The van der Waals surface area contributed by atoms with E-state index in [0.29, 0.717) is 0 Å². The molecule has 0 unspecified atom stereocenters. The molecule has 3 aromatic rings. The van der Waals surface area contributed by atoms with Gasteiger partial charge in [0, 0.05) is 17.8 Å². The maximum atomic E-state index is 10.7. The summed E-state index contributed by atoms with van der Waals surface area (Å²) in [4.78, 5) is 15.1. The van der Waals surface area contributed by atoms with Gasteiger partial charge in [0.15, 0.2) is 5.65 Å². The molecule has 0 aliphatic carbocycles. The lowest BCUT2D eigenvalue weighted by Gasteiger charge is -1.97. The summed E-state index contributed by atoms with van der Waals surface area (Å²) >= 11 is 0. The number of nitrogens with one attached hydrogen (secondary N) is 1. The normalized spacial score (nSPS) is 10.8. The molecule has 17 heavy (non-hydrogen) atoms. The van der Waals surface area contributed by atoms with Crippen molar-refractivity contribution in [3.63, 3.8) is 0 Å². The Morgan fingerprint density at radius 2 is 2.00 bits per heavy atom. The topological polar surface area (TPSA) is 70.4 Å². The fraction of sp³-hybridized carbons (Fsp3) is 0. The second-order valence-corrected chi connectivity index (χ2v) is 3.70. The van der Waals surface area contributed by atoms with Crippen molar-refractivity contribution in [2.45, 2.75) is 0 Å². The van der Waals surface area contributed by atoms with Gasteiger partial charge in [-0.1, -0.05) is 12.1 Å². The maximum Gasteiger partial charge on any atom is 0.335 e. The van der Waals surface area contributed by atoms with E-state index in [1.54, 1.807) is 35.0 Å². The van der Waals surface area contributed by atoms with Gasteiger partial charge >= 0.3 is 5.97 Å². The standard InChI is InChI=1S/C12H9N3O2/c16-12(17)9-3-1-8(2-4-9)10-7-15-11(14-10)5-6-13-15/h1-7,13H,(H,16,17). The number of imidazole rings is 1. The van der Waals surface area contributed by atoms with Gasteiger partial charge in [-0.15, -0.1) is 0 Å². The highest BCUT2D eigenvalue weighted by atomic mass is 16.4. The number of carboxylic acids is 1. The number of aromatic amines is 1. The van der Waals surface area contributed by atoms with Crippen LogP contribution < -0.4 is 0 Å². The van der Waals surface area contributed by atoms with Gasteiger partial charge < -0.3 is 10.2 Å². The van der Waals surface area contributed by atoms with E-state index in [4.69, 9.17) is 5.11 Å². The van der Waals surface area contributed by atoms with Crippen molar-refractivity contribution < 1.29 is 9.90 Å². The molecule has 0 amide bonds. The van der Waals surface area contributed by atoms with Crippen LogP contribution in [-0.2, 0) is 0 Å². The molecule has 2 aromatic heterocycles. The Balaban J connectivity index is 2.03. The largest absolute Gasteiger partial charge is 0.478 e. The fourth-order valence-electron chi connectivity index (χ4n) is 1.73. The van der Waals surface area contributed by atoms with Gasteiger partial charge in [0.1, 0.15) is 0 Å². The molecule has 0 radical (unpaired) electrons. The first kappa shape index (κ1) is 9.65. The second-order valence-electron chi connectivity index (χ2n) is 3.70. The van der Waals surface area contributed by atoms with Crippen LogP contribution in [-0.4, -0.2) is 25.7 Å². The Kier molecular flexibility index (Phi) is 1.98. The maximum absolute atomic E-state index is 10.7. The second kappa shape index (κ2) is 3.48. The minimum Gasteiger partial charge on any atom is -0.478 e. The zero-order chi connectivity index (χ0) is 11.8. The SMILES string of the molecule is O=C(O)c1ccc(-c2cn3[nH]ccc3n2)cc1. The Bertz CT molecular complexity index is 651. The zero-order valence-electron chi connectivity index (χ0n) is 8.79. The van der Waals surface area contributed by atoms with Gasteiger partial charge in [-0.2, -0.15) is 0 Å². The number of benzene rings is 1. The number of hydrogen-bond donors (Lipinski definition) is 2. The lowest BCUT2D eigenvalue weighted by Crippen LogP contribution is -1.94. The molecule has 0 atom stereocenters. The van der Waals surface area contributed by atoms with Crippen LogP contribution in [0.2, 0.25) is 0 Å². The number of aromatic carboxylic acids is 1. The van der Waals surface area contributed by atoms with Crippen molar-refractivity contribution in [1.29, 1.82) is 0 Å². The van der Waals surface area contributed by atoms with E-state index >= 15 is 0 Å². The van der Waals surface area contributed by atoms with Gasteiger partial charge in [0.05, 0.1) is 17.5 Å². The third kappa shape index (κ3) is 1.57. The van der Waals surface area contributed by atoms with Crippen molar-refractivity contribution in [2.75, 3.05) is 0 Å². The van der Waals surface area contributed by atoms with E-state index in [-0.39, 0.29) is 5.56 Å². The molecular formula is C12H9N3O2. The number of nitrogens with zero attached hydrogens (tertiary/aromatic N) is 2. The van der Waals surface area contributed by atoms with E-state index in [1.165, 1.54) is 0 Å². The van der Waals surface area contributed by atoms with Gasteiger partial charge in [-0.3, -0.25) is 0 Å². The van der Waals surface area contributed by atoms with E-state index in [0.717, 1.165) is 16.9 Å². The van der Waals surface area contributed by atoms with Crippen molar-refractivity contribution in [3.8, 4) is 11.3 Å². The fourth-order valence-corrected chi connectivity index (χ4v) is 1.73. The molecule has 5 nitrogen and oxygen atoms in total. The van der Waals surface area contributed by atoms with Crippen LogP contribution in [0.15, 0.2) is 42.7 Å². The molecule has 5 heteroatoms. The van der Waals surface area contributed by atoms with E-state index in [1.807, 2.05) is 12.3 Å². The highest BCUT2D eigenvalue weighted by Gasteiger charge is 2.06. The minimum atomic E-state index is -0.923. The molecule has 0 saturated heterocycles. The Morgan fingerprint density at radius 3 is 2.65 bits per heavy atom. The zero-order valence-corrected chi connectivity index (χ0v) is 8.79. The van der Waals surface area contributed by atoms with Crippen molar-refractivity contribution >= 4 is 11.6 Å². The summed E-state index contributed by atoms with van der Waals surface area (Å²) in [6, 6.07) is 8.53. The molecular weight excluding hydrogens is 218 g/mol. The number of hydrogen-bond acceptors (Lipinski definition) is 2. The molecule has 0 fully saturated rings. The van der Waals surface area contributed by atoms with Crippen LogP contribution in [0.1, 0.15) is 10.4 Å². The lowest BCUT2D eigenvalue weighted by atomic mass is 10.1.